The van der Waals surface area contributed by atoms with Gasteiger partial charge in [-0.3, -0.25) is 4.57 Å². The van der Waals surface area contributed by atoms with E-state index in [0.29, 0.717) is 38.6 Å². The van der Waals surface area contributed by atoms with Crippen LogP contribution in [0.15, 0.2) is 58.9 Å². The van der Waals surface area contributed by atoms with Crippen molar-refractivity contribution in [3.63, 3.8) is 0 Å². The van der Waals surface area contributed by atoms with Gasteiger partial charge < -0.3 is 5.32 Å². The van der Waals surface area contributed by atoms with Gasteiger partial charge in [-0.2, -0.15) is 8.78 Å². The highest BCUT2D eigenvalue weighted by molar-refractivity contribution is 8.00. The van der Waals surface area contributed by atoms with Gasteiger partial charge in [0.2, 0.25) is 5.13 Å². The summed E-state index contributed by atoms with van der Waals surface area (Å²) >= 11 is 2.75. The van der Waals surface area contributed by atoms with Gasteiger partial charge in [0, 0.05) is 6.54 Å². The highest BCUT2D eigenvalue weighted by Gasteiger charge is 2.18. The van der Waals surface area contributed by atoms with E-state index in [9.17, 15) is 8.78 Å². The van der Waals surface area contributed by atoms with Crippen LogP contribution < -0.4 is 5.32 Å². The van der Waals surface area contributed by atoms with E-state index in [1.165, 1.54) is 23.1 Å². The third-order valence-electron chi connectivity index (χ3n) is 3.88. The molecule has 0 atom stereocenters. The molecular weight excluding hydrogens is 388 g/mol. The molecule has 0 saturated heterocycles. The lowest BCUT2D eigenvalue weighted by Crippen LogP contribution is -2.03. The number of anilines is 1. The second-order valence-corrected chi connectivity index (χ2v) is 7.87. The maximum Gasteiger partial charge on any atom is 0.320 e. The van der Waals surface area contributed by atoms with Crippen molar-refractivity contribution in [1.82, 2.24) is 19.7 Å². The van der Waals surface area contributed by atoms with Crippen molar-refractivity contribution in [1.29, 1.82) is 0 Å². The Balaban J connectivity index is 1.43. The van der Waals surface area contributed by atoms with E-state index in [0.717, 1.165) is 10.1 Å². The van der Waals surface area contributed by atoms with E-state index in [1.54, 1.807) is 24.3 Å². The molecule has 0 spiro atoms. The fraction of sp³-hybridized carbons (Fsp3) is 0.167. The van der Waals surface area contributed by atoms with Crippen LogP contribution in [0, 0.1) is 0 Å². The van der Waals surface area contributed by atoms with E-state index in [-0.39, 0.29) is 0 Å². The number of benzene rings is 2. The van der Waals surface area contributed by atoms with Crippen LogP contribution in [0.4, 0.5) is 13.9 Å². The van der Waals surface area contributed by atoms with E-state index in [2.05, 4.69) is 20.5 Å². The summed E-state index contributed by atoms with van der Waals surface area (Å²) in [5, 5.41) is 12.1. The molecule has 0 radical (unpaired) electrons. The van der Waals surface area contributed by atoms with E-state index in [4.69, 9.17) is 0 Å². The molecule has 27 heavy (non-hydrogen) atoms. The number of aromatic nitrogens is 4. The van der Waals surface area contributed by atoms with Gasteiger partial charge in [0.05, 0.1) is 16.8 Å². The van der Waals surface area contributed by atoms with Crippen molar-refractivity contribution in [2.45, 2.75) is 23.2 Å². The molecular formula is C18H15F2N5S2. The molecule has 0 unspecified atom stereocenters. The van der Waals surface area contributed by atoms with Crippen molar-refractivity contribution in [2.24, 2.45) is 0 Å². The fourth-order valence-electron chi connectivity index (χ4n) is 2.65. The maximum absolute atomic E-state index is 13.5. The second kappa shape index (κ2) is 8.01. The monoisotopic (exact) mass is 403 g/mol. The summed E-state index contributed by atoms with van der Waals surface area (Å²) in [5.41, 5.74) is 2.15. The lowest BCUT2D eigenvalue weighted by Gasteiger charge is -2.06. The molecule has 0 amide bonds. The Hall–Kier alpha value is -2.52. The first-order valence-corrected chi connectivity index (χ1v) is 9.99. The minimum absolute atomic E-state index is 0.298. The van der Waals surface area contributed by atoms with Crippen LogP contribution in [0.5, 0.6) is 0 Å². The van der Waals surface area contributed by atoms with Gasteiger partial charge >= 0.3 is 6.55 Å². The lowest BCUT2D eigenvalue weighted by atomic mass is 10.2. The summed E-state index contributed by atoms with van der Waals surface area (Å²) in [6, 6.07) is 16.9. The van der Waals surface area contributed by atoms with Crippen LogP contribution >= 0.6 is 23.1 Å². The van der Waals surface area contributed by atoms with Gasteiger partial charge in [0.1, 0.15) is 5.82 Å². The number of para-hydroxylation sites is 2. The van der Waals surface area contributed by atoms with E-state index < -0.39 is 6.55 Å². The molecule has 2 heterocycles. The standard InChI is InChI=1S/C18H15F2N5S2/c19-16(20)25-14-9-5-4-8-13(14)22-15(25)11-26-18-24-23-17(27-18)21-10-12-6-2-1-3-7-12/h1-9,16H,10-11H2,(H,21,23). The first kappa shape index (κ1) is 17.9. The Morgan fingerprint density at radius 3 is 2.63 bits per heavy atom. The van der Waals surface area contributed by atoms with E-state index in [1.807, 2.05) is 30.3 Å². The lowest BCUT2D eigenvalue weighted by molar-refractivity contribution is 0.0722. The molecule has 0 aliphatic heterocycles. The minimum atomic E-state index is -2.63. The SMILES string of the molecule is FC(F)n1c(CSc2nnc(NCc3ccccc3)s2)nc2ccccc21. The van der Waals surface area contributed by atoms with Crippen LogP contribution in [-0.4, -0.2) is 19.7 Å². The Morgan fingerprint density at radius 2 is 1.81 bits per heavy atom. The van der Waals surface area contributed by atoms with Gasteiger partial charge in [-0.15, -0.1) is 10.2 Å². The summed E-state index contributed by atoms with van der Waals surface area (Å²) in [7, 11) is 0. The number of nitrogens with one attached hydrogen (secondary N) is 1. The topological polar surface area (TPSA) is 55.6 Å². The summed E-state index contributed by atoms with van der Waals surface area (Å²) < 4.78 is 28.6. The van der Waals surface area contributed by atoms with Gasteiger partial charge in [-0.05, 0) is 17.7 Å². The molecule has 9 heteroatoms. The molecule has 0 aliphatic rings. The molecule has 2 aromatic heterocycles. The predicted octanol–water partition coefficient (Wildman–Crippen LogP) is 5.19. The van der Waals surface area contributed by atoms with Crippen molar-refractivity contribution in [2.75, 3.05) is 5.32 Å². The molecule has 0 fully saturated rings. The molecule has 4 aromatic rings. The highest BCUT2D eigenvalue weighted by atomic mass is 32.2. The van der Waals surface area contributed by atoms with Crippen molar-refractivity contribution >= 4 is 39.3 Å². The van der Waals surface area contributed by atoms with Crippen LogP contribution in [0.25, 0.3) is 11.0 Å². The Labute approximate surface area is 162 Å². The van der Waals surface area contributed by atoms with Gasteiger partial charge in [0.25, 0.3) is 0 Å². The smallest absolute Gasteiger partial charge is 0.320 e. The number of imidazole rings is 1. The maximum atomic E-state index is 13.5. The molecule has 2 aromatic carbocycles. The molecule has 0 saturated carbocycles. The summed E-state index contributed by atoms with van der Waals surface area (Å²) in [5.74, 6) is 0.622. The highest BCUT2D eigenvalue weighted by Crippen LogP contribution is 2.31. The number of alkyl halides is 2. The molecule has 0 bridgehead atoms. The molecule has 0 aliphatic carbocycles. The summed E-state index contributed by atoms with van der Waals surface area (Å²) in [4.78, 5) is 4.33. The van der Waals surface area contributed by atoms with Crippen LogP contribution in [0.3, 0.4) is 0 Å². The molecule has 5 nitrogen and oxygen atoms in total. The number of thioether (sulfide) groups is 1. The zero-order valence-electron chi connectivity index (χ0n) is 14.0. The average molecular weight is 403 g/mol. The second-order valence-electron chi connectivity index (χ2n) is 5.67. The zero-order chi connectivity index (χ0) is 18.6. The summed E-state index contributed by atoms with van der Waals surface area (Å²) in [6.07, 6.45) is 0. The average Bonchev–Trinajstić information content (AvgIpc) is 3.29. The first-order valence-electron chi connectivity index (χ1n) is 8.19. The Kier molecular flexibility index (Phi) is 5.30. The van der Waals surface area contributed by atoms with Gasteiger partial charge in [-0.1, -0.05) is 65.6 Å². The first-order chi connectivity index (χ1) is 13.2. The van der Waals surface area contributed by atoms with Crippen molar-refractivity contribution in [3.05, 3.63) is 66.0 Å². The van der Waals surface area contributed by atoms with Crippen LogP contribution in [0.2, 0.25) is 0 Å². The number of fused-ring (bicyclic) bond motifs is 1. The number of rotatable bonds is 7. The molecule has 1 N–H and O–H groups in total. The van der Waals surface area contributed by atoms with Crippen molar-refractivity contribution in [3.8, 4) is 0 Å². The van der Waals surface area contributed by atoms with Crippen LogP contribution in [0.1, 0.15) is 17.9 Å². The van der Waals surface area contributed by atoms with E-state index >= 15 is 0 Å². The third-order valence-corrected chi connectivity index (χ3v) is 5.89. The van der Waals surface area contributed by atoms with Gasteiger partial charge in [-0.25, -0.2) is 4.98 Å². The predicted molar refractivity (Wildman–Crippen MR) is 104 cm³/mol. The number of hydrogen-bond acceptors (Lipinski definition) is 6. The van der Waals surface area contributed by atoms with Crippen molar-refractivity contribution < 1.29 is 8.78 Å². The normalized spacial score (nSPS) is 11.4. The third kappa shape index (κ3) is 4.09. The fourth-order valence-corrected chi connectivity index (χ4v) is 4.33. The summed E-state index contributed by atoms with van der Waals surface area (Å²) in [6.45, 7) is -1.98. The van der Waals surface area contributed by atoms with Crippen LogP contribution in [-0.2, 0) is 12.3 Å². The minimum Gasteiger partial charge on any atom is -0.356 e. The Morgan fingerprint density at radius 1 is 1.04 bits per heavy atom. The number of nitrogens with zero attached hydrogens (tertiary/aromatic N) is 4. The molecule has 4 rings (SSSR count). The largest absolute Gasteiger partial charge is 0.356 e. The Bertz CT molecular complexity index is 1030. The zero-order valence-corrected chi connectivity index (χ0v) is 15.7. The molecule has 138 valence electrons. The van der Waals surface area contributed by atoms with Gasteiger partial charge in [0.15, 0.2) is 4.34 Å². The quantitative estimate of drug-likeness (QED) is 0.431. The number of hydrogen-bond donors (Lipinski definition) is 1. The number of halogens is 2.